The molecule has 0 unspecified atom stereocenters. The minimum absolute atomic E-state index is 0.0146. The first-order valence-electron chi connectivity index (χ1n) is 10.0. The number of hydrogen-bond donors (Lipinski definition) is 1. The van der Waals surface area contributed by atoms with E-state index in [1.807, 2.05) is 0 Å². The van der Waals surface area contributed by atoms with Crippen molar-refractivity contribution in [2.75, 3.05) is 23.1 Å². The Labute approximate surface area is 190 Å². The molecule has 2 amide bonds. The van der Waals surface area contributed by atoms with E-state index in [1.54, 1.807) is 24.3 Å². The van der Waals surface area contributed by atoms with Gasteiger partial charge in [0.2, 0.25) is 0 Å². The maximum atomic E-state index is 13.2. The summed E-state index contributed by atoms with van der Waals surface area (Å²) in [5.74, 6) is -1.64. The predicted octanol–water partition coefficient (Wildman–Crippen LogP) is 3.20. The van der Waals surface area contributed by atoms with Gasteiger partial charge in [0, 0.05) is 6.26 Å². The van der Waals surface area contributed by atoms with Crippen LogP contribution in [-0.4, -0.2) is 44.6 Å². The summed E-state index contributed by atoms with van der Waals surface area (Å²) >= 11 is 5.92. The quantitative estimate of drug-likeness (QED) is 0.678. The Kier molecular flexibility index (Phi) is 5.72. The lowest BCUT2D eigenvalue weighted by molar-refractivity contribution is -0.129. The van der Waals surface area contributed by atoms with Gasteiger partial charge in [-0.1, -0.05) is 36.6 Å². The van der Waals surface area contributed by atoms with Crippen molar-refractivity contribution in [2.24, 2.45) is 0 Å². The van der Waals surface area contributed by atoms with Crippen LogP contribution in [0.3, 0.4) is 0 Å². The number of ether oxygens (including phenoxy) is 1. The molecular weight excluding hydrogens is 456 g/mol. The van der Waals surface area contributed by atoms with Crippen LogP contribution in [0.15, 0.2) is 47.4 Å². The monoisotopic (exact) mass is 476 g/mol. The van der Waals surface area contributed by atoms with E-state index in [2.05, 4.69) is 5.32 Å². The third-order valence-corrected chi connectivity index (χ3v) is 7.40. The largest absolute Gasteiger partial charge is 0.452 e. The number of rotatable bonds is 4. The molecule has 1 aliphatic heterocycles. The number of fused-ring (bicyclic) bond motifs is 1. The summed E-state index contributed by atoms with van der Waals surface area (Å²) in [5, 5.41) is 2.87. The van der Waals surface area contributed by atoms with Gasteiger partial charge in [-0.25, -0.2) is 13.2 Å². The Morgan fingerprint density at radius 2 is 1.84 bits per heavy atom. The number of benzene rings is 2. The number of hydrogen-bond acceptors (Lipinski definition) is 6. The Hall–Kier alpha value is -2.91. The van der Waals surface area contributed by atoms with Crippen molar-refractivity contribution in [1.82, 2.24) is 0 Å². The van der Waals surface area contributed by atoms with Crippen LogP contribution in [0.2, 0.25) is 5.02 Å². The molecule has 32 heavy (non-hydrogen) atoms. The van der Waals surface area contributed by atoms with Crippen molar-refractivity contribution in [3.05, 3.63) is 53.1 Å². The highest BCUT2D eigenvalue weighted by Crippen LogP contribution is 2.45. The van der Waals surface area contributed by atoms with Gasteiger partial charge in [0.15, 0.2) is 16.4 Å². The topological polar surface area (TPSA) is 110 Å². The summed E-state index contributed by atoms with van der Waals surface area (Å²) in [6.45, 7) is -0.598. The third-order valence-electron chi connectivity index (χ3n) is 5.82. The molecule has 0 bridgehead atoms. The summed E-state index contributed by atoms with van der Waals surface area (Å²) < 4.78 is 28.9. The number of nitrogens with one attached hydrogen (secondary N) is 1. The van der Waals surface area contributed by atoms with Gasteiger partial charge in [-0.05, 0) is 43.2 Å². The molecule has 2 aromatic rings. The first-order valence-corrected chi connectivity index (χ1v) is 12.3. The molecule has 1 aliphatic carbocycles. The number of esters is 1. The molecule has 0 saturated heterocycles. The van der Waals surface area contributed by atoms with Crippen LogP contribution in [0.5, 0.6) is 0 Å². The lowest BCUT2D eigenvalue weighted by atomic mass is 9.90. The summed E-state index contributed by atoms with van der Waals surface area (Å²) in [6.07, 6.45) is 3.62. The van der Waals surface area contributed by atoms with Crippen LogP contribution < -0.4 is 10.2 Å². The molecule has 8 nitrogen and oxygen atoms in total. The van der Waals surface area contributed by atoms with E-state index in [4.69, 9.17) is 16.3 Å². The molecule has 0 aromatic heterocycles. The average molecular weight is 477 g/mol. The molecule has 1 saturated carbocycles. The van der Waals surface area contributed by atoms with E-state index >= 15 is 0 Å². The van der Waals surface area contributed by atoms with Gasteiger partial charge < -0.3 is 10.1 Å². The van der Waals surface area contributed by atoms with Crippen LogP contribution >= 0.6 is 11.6 Å². The van der Waals surface area contributed by atoms with Gasteiger partial charge in [-0.15, -0.1) is 0 Å². The van der Waals surface area contributed by atoms with Crippen LogP contribution in [0.25, 0.3) is 0 Å². The number of sulfone groups is 1. The number of carbonyl (C=O) groups is 3. The van der Waals surface area contributed by atoms with Gasteiger partial charge in [-0.3, -0.25) is 14.5 Å². The van der Waals surface area contributed by atoms with Crippen LogP contribution in [0, 0.1) is 0 Å². The summed E-state index contributed by atoms with van der Waals surface area (Å²) in [4.78, 5) is 40.0. The maximum absolute atomic E-state index is 13.2. The molecule has 1 N–H and O–H groups in total. The lowest BCUT2D eigenvalue weighted by Gasteiger charge is -2.44. The highest BCUT2D eigenvalue weighted by atomic mass is 35.5. The van der Waals surface area contributed by atoms with Crippen molar-refractivity contribution in [2.45, 2.75) is 36.1 Å². The molecule has 1 heterocycles. The van der Waals surface area contributed by atoms with Gasteiger partial charge in [0.05, 0.1) is 26.9 Å². The number of amides is 2. The molecule has 168 valence electrons. The molecule has 0 atom stereocenters. The van der Waals surface area contributed by atoms with Gasteiger partial charge in [0.1, 0.15) is 5.54 Å². The van der Waals surface area contributed by atoms with Crippen molar-refractivity contribution in [3.63, 3.8) is 0 Å². The standard InChI is InChI=1S/C22H21ClN2O6S/c1-32(29,30)18-12-14(8-9-15(18)23)20(27)31-13-19(26)25-17-7-3-2-6-16(17)24-21(28)22(25)10-4-5-11-22/h2-3,6-9,12H,4-5,10-11,13H2,1H3,(H,24,28). The second-order valence-electron chi connectivity index (χ2n) is 7.93. The van der Waals surface area contributed by atoms with Gasteiger partial charge in [0.25, 0.3) is 11.8 Å². The van der Waals surface area contributed by atoms with Crippen LogP contribution in [-0.2, 0) is 24.2 Å². The zero-order valence-electron chi connectivity index (χ0n) is 17.3. The first-order chi connectivity index (χ1) is 15.1. The van der Waals surface area contributed by atoms with E-state index in [0.717, 1.165) is 25.2 Å². The summed E-state index contributed by atoms with van der Waals surface area (Å²) in [7, 11) is -3.65. The maximum Gasteiger partial charge on any atom is 0.338 e. The summed E-state index contributed by atoms with van der Waals surface area (Å²) in [5.41, 5.74) is 0.0165. The molecule has 1 fully saturated rings. The normalized spacial score (nSPS) is 17.1. The Morgan fingerprint density at radius 1 is 1.16 bits per heavy atom. The zero-order chi connectivity index (χ0) is 23.1. The predicted molar refractivity (Wildman–Crippen MR) is 119 cm³/mol. The van der Waals surface area contributed by atoms with Crippen molar-refractivity contribution in [1.29, 1.82) is 0 Å². The van der Waals surface area contributed by atoms with Crippen molar-refractivity contribution in [3.8, 4) is 0 Å². The van der Waals surface area contributed by atoms with E-state index < -0.39 is 33.9 Å². The van der Waals surface area contributed by atoms with Gasteiger partial charge >= 0.3 is 5.97 Å². The molecule has 4 rings (SSSR count). The highest BCUT2D eigenvalue weighted by Gasteiger charge is 2.52. The second-order valence-corrected chi connectivity index (χ2v) is 10.3. The SMILES string of the molecule is CS(=O)(=O)c1cc(C(=O)OCC(=O)N2c3ccccc3NC(=O)C23CCCC3)ccc1Cl. The lowest BCUT2D eigenvalue weighted by Crippen LogP contribution is -2.61. The Balaban J connectivity index is 1.58. The van der Waals surface area contributed by atoms with Gasteiger partial charge in [-0.2, -0.15) is 0 Å². The second kappa shape index (κ2) is 8.22. The van der Waals surface area contributed by atoms with E-state index in [0.29, 0.717) is 24.2 Å². The summed E-state index contributed by atoms with van der Waals surface area (Å²) in [6, 6.07) is 10.7. The number of halogens is 1. The number of carbonyl (C=O) groups excluding carboxylic acids is 3. The zero-order valence-corrected chi connectivity index (χ0v) is 18.8. The minimum Gasteiger partial charge on any atom is -0.452 e. The fourth-order valence-electron chi connectivity index (χ4n) is 4.32. The van der Waals surface area contributed by atoms with Crippen molar-refractivity contribution >= 4 is 50.6 Å². The Morgan fingerprint density at radius 3 is 2.53 bits per heavy atom. The minimum atomic E-state index is -3.65. The molecule has 10 heteroatoms. The van der Waals surface area contributed by atoms with E-state index in [-0.39, 0.29) is 21.4 Å². The van der Waals surface area contributed by atoms with E-state index in [1.165, 1.54) is 17.0 Å². The molecule has 2 aromatic carbocycles. The molecule has 1 spiro atoms. The number of para-hydroxylation sites is 2. The highest BCUT2D eigenvalue weighted by molar-refractivity contribution is 7.90. The third kappa shape index (κ3) is 3.86. The van der Waals surface area contributed by atoms with E-state index in [9.17, 15) is 22.8 Å². The molecular formula is C22H21ClN2O6S. The first kappa shape index (κ1) is 22.3. The van der Waals surface area contributed by atoms with Crippen molar-refractivity contribution < 1.29 is 27.5 Å². The fraction of sp³-hybridized carbons (Fsp3) is 0.318. The fourth-order valence-corrected chi connectivity index (χ4v) is 5.62. The molecule has 0 radical (unpaired) electrons. The molecule has 2 aliphatic rings. The number of nitrogens with zero attached hydrogens (tertiary/aromatic N) is 1. The van der Waals surface area contributed by atoms with Crippen LogP contribution in [0.1, 0.15) is 36.0 Å². The smallest absolute Gasteiger partial charge is 0.338 e. The van der Waals surface area contributed by atoms with Crippen LogP contribution in [0.4, 0.5) is 11.4 Å². The average Bonchev–Trinajstić information content (AvgIpc) is 3.22. The Bertz CT molecular complexity index is 1220. The number of anilines is 2.